The molecule has 1 aromatic heterocycles. The van der Waals surface area contributed by atoms with Crippen molar-refractivity contribution >= 4 is 11.5 Å². The molecule has 0 atom stereocenters. The van der Waals surface area contributed by atoms with Gasteiger partial charge in [-0.1, -0.05) is 12.8 Å². The van der Waals surface area contributed by atoms with Gasteiger partial charge in [-0.05, 0) is 30.9 Å². The summed E-state index contributed by atoms with van der Waals surface area (Å²) >= 11 is 0. The minimum absolute atomic E-state index is 0.591. The van der Waals surface area contributed by atoms with Crippen LogP contribution in [0.1, 0.15) is 25.7 Å². The third kappa shape index (κ3) is 2.61. The third-order valence-corrected chi connectivity index (χ3v) is 3.22. The van der Waals surface area contributed by atoms with Crippen LogP contribution in [0.2, 0.25) is 0 Å². The Labute approximate surface area is 91.3 Å². The standard InChI is InChI=1S/C12H19N3/c1-15(9-10-4-2-3-5-10)11-6-7-12(13)14-8-11/h6-8,10H,2-5,9H2,1H3,(H2,13,14). The Morgan fingerprint density at radius 1 is 1.40 bits per heavy atom. The predicted molar refractivity (Wildman–Crippen MR) is 63.9 cm³/mol. The molecule has 2 rings (SSSR count). The zero-order valence-electron chi connectivity index (χ0n) is 9.32. The molecule has 2 N–H and O–H groups in total. The molecular weight excluding hydrogens is 186 g/mol. The van der Waals surface area contributed by atoms with Gasteiger partial charge < -0.3 is 10.6 Å². The van der Waals surface area contributed by atoms with Gasteiger partial charge >= 0.3 is 0 Å². The summed E-state index contributed by atoms with van der Waals surface area (Å²) in [6.45, 7) is 1.14. The summed E-state index contributed by atoms with van der Waals surface area (Å²) in [5.74, 6) is 1.46. The Hall–Kier alpha value is -1.25. The summed E-state index contributed by atoms with van der Waals surface area (Å²) in [4.78, 5) is 6.39. The smallest absolute Gasteiger partial charge is 0.123 e. The van der Waals surface area contributed by atoms with E-state index >= 15 is 0 Å². The number of rotatable bonds is 3. The van der Waals surface area contributed by atoms with Crippen LogP contribution in [-0.2, 0) is 0 Å². The summed E-state index contributed by atoms with van der Waals surface area (Å²) in [6, 6.07) is 3.90. The average molecular weight is 205 g/mol. The van der Waals surface area contributed by atoms with E-state index in [0.717, 1.165) is 18.2 Å². The van der Waals surface area contributed by atoms with Crippen molar-refractivity contribution < 1.29 is 0 Å². The Bertz CT molecular complexity index is 301. The van der Waals surface area contributed by atoms with Crippen molar-refractivity contribution in [3.05, 3.63) is 18.3 Å². The Morgan fingerprint density at radius 3 is 2.73 bits per heavy atom. The van der Waals surface area contributed by atoms with Gasteiger partial charge in [0.05, 0.1) is 11.9 Å². The molecule has 0 radical (unpaired) electrons. The van der Waals surface area contributed by atoms with Crippen molar-refractivity contribution in [3.63, 3.8) is 0 Å². The van der Waals surface area contributed by atoms with Crippen molar-refractivity contribution in [2.45, 2.75) is 25.7 Å². The molecule has 0 unspecified atom stereocenters. The van der Waals surface area contributed by atoms with Crippen molar-refractivity contribution in [2.24, 2.45) is 5.92 Å². The molecule has 0 aromatic carbocycles. The summed E-state index contributed by atoms with van der Waals surface area (Å²) in [5.41, 5.74) is 6.72. The molecule has 0 aliphatic heterocycles. The first-order chi connectivity index (χ1) is 7.25. The number of aromatic nitrogens is 1. The topological polar surface area (TPSA) is 42.1 Å². The van der Waals surface area contributed by atoms with Gasteiger partial charge in [-0.3, -0.25) is 0 Å². The fraction of sp³-hybridized carbons (Fsp3) is 0.583. The molecule has 82 valence electrons. The van der Waals surface area contributed by atoms with E-state index in [2.05, 4.69) is 16.9 Å². The van der Waals surface area contributed by atoms with Crippen molar-refractivity contribution in [1.29, 1.82) is 0 Å². The summed E-state index contributed by atoms with van der Waals surface area (Å²) in [7, 11) is 2.13. The summed E-state index contributed by atoms with van der Waals surface area (Å²) < 4.78 is 0. The van der Waals surface area contributed by atoms with Gasteiger partial charge in [0.25, 0.3) is 0 Å². The lowest BCUT2D eigenvalue weighted by Gasteiger charge is -2.22. The molecule has 1 aliphatic rings. The number of nitrogen functional groups attached to an aromatic ring is 1. The molecule has 1 heterocycles. The quantitative estimate of drug-likeness (QED) is 0.823. The van der Waals surface area contributed by atoms with Crippen molar-refractivity contribution in [3.8, 4) is 0 Å². The van der Waals surface area contributed by atoms with E-state index in [1.165, 1.54) is 25.7 Å². The molecule has 15 heavy (non-hydrogen) atoms. The number of hydrogen-bond acceptors (Lipinski definition) is 3. The van der Waals surface area contributed by atoms with Crippen LogP contribution in [0.15, 0.2) is 18.3 Å². The molecule has 0 amide bonds. The van der Waals surface area contributed by atoms with Crippen LogP contribution in [0.5, 0.6) is 0 Å². The maximum absolute atomic E-state index is 5.56. The second-order valence-corrected chi connectivity index (χ2v) is 4.47. The van der Waals surface area contributed by atoms with Crippen LogP contribution in [0.4, 0.5) is 11.5 Å². The molecule has 1 aliphatic carbocycles. The van der Waals surface area contributed by atoms with E-state index in [-0.39, 0.29) is 0 Å². The van der Waals surface area contributed by atoms with Crippen LogP contribution in [0.3, 0.4) is 0 Å². The predicted octanol–water partition coefficient (Wildman–Crippen LogP) is 2.29. The molecule has 0 bridgehead atoms. The Kier molecular flexibility index (Phi) is 3.09. The first kappa shape index (κ1) is 10.3. The second-order valence-electron chi connectivity index (χ2n) is 4.47. The van der Waals surface area contributed by atoms with E-state index in [0.29, 0.717) is 5.82 Å². The normalized spacial score (nSPS) is 16.9. The second kappa shape index (κ2) is 4.51. The van der Waals surface area contributed by atoms with Gasteiger partial charge in [0, 0.05) is 13.6 Å². The summed E-state index contributed by atoms with van der Waals surface area (Å²) in [5, 5.41) is 0. The third-order valence-electron chi connectivity index (χ3n) is 3.22. The maximum atomic E-state index is 5.56. The lowest BCUT2D eigenvalue weighted by atomic mass is 10.1. The fourth-order valence-corrected chi connectivity index (χ4v) is 2.31. The number of nitrogens with zero attached hydrogens (tertiary/aromatic N) is 2. The zero-order chi connectivity index (χ0) is 10.7. The van der Waals surface area contributed by atoms with Crippen molar-refractivity contribution in [1.82, 2.24) is 4.98 Å². The molecule has 1 fully saturated rings. The SMILES string of the molecule is CN(CC1CCCC1)c1ccc(N)nc1. The van der Waals surface area contributed by atoms with E-state index < -0.39 is 0 Å². The van der Waals surface area contributed by atoms with Gasteiger partial charge in [0.2, 0.25) is 0 Å². The minimum Gasteiger partial charge on any atom is -0.384 e. The number of nitrogens with two attached hydrogens (primary N) is 1. The van der Waals surface area contributed by atoms with Crippen LogP contribution >= 0.6 is 0 Å². The zero-order valence-corrected chi connectivity index (χ0v) is 9.32. The van der Waals surface area contributed by atoms with E-state index in [4.69, 9.17) is 5.73 Å². The highest BCUT2D eigenvalue weighted by Crippen LogP contribution is 2.26. The Morgan fingerprint density at radius 2 is 2.13 bits per heavy atom. The molecule has 1 aromatic rings. The largest absolute Gasteiger partial charge is 0.384 e. The maximum Gasteiger partial charge on any atom is 0.123 e. The molecule has 3 nitrogen and oxygen atoms in total. The van der Waals surface area contributed by atoms with E-state index in [1.807, 2.05) is 18.3 Å². The highest BCUT2D eigenvalue weighted by molar-refractivity contribution is 5.47. The van der Waals surface area contributed by atoms with Crippen LogP contribution in [0.25, 0.3) is 0 Å². The van der Waals surface area contributed by atoms with E-state index in [1.54, 1.807) is 0 Å². The average Bonchev–Trinajstić information content (AvgIpc) is 2.71. The number of anilines is 2. The first-order valence-electron chi connectivity index (χ1n) is 5.68. The first-order valence-corrected chi connectivity index (χ1v) is 5.68. The highest BCUT2D eigenvalue weighted by Gasteiger charge is 2.16. The van der Waals surface area contributed by atoms with Gasteiger partial charge in [-0.25, -0.2) is 4.98 Å². The van der Waals surface area contributed by atoms with Crippen molar-refractivity contribution in [2.75, 3.05) is 24.2 Å². The molecule has 1 saturated carbocycles. The molecule has 0 saturated heterocycles. The van der Waals surface area contributed by atoms with E-state index in [9.17, 15) is 0 Å². The van der Waals surface area contributed by atoms with Gasteiger partial charge in [0.1, 0.15) is 5.82 Å². The summed E-state index contributed by atoms with van der Waals surface area (Å²) in [6.07, 6.45) is 7.42. The highest BCUT2D eigenvalue weighted by atomic mass is 15.1. The van der Waals surface area contributed by atoms with Crippen LogP contribution in [0, 0.1) is 5.92 Å². The van der Waals surface area contributed by atoms with Gasteiger partial charge in [-0.15, -0.1) is 0 Å². The Balaban J connectivity index is 1.94. The number of hydrogen-bond donors (Lipinski definition) is 1. The van der Waals surface area contributed by atoms with Gasteiger partial charge in [-0.2, -0.15) is 0 Å². The van der Waals surface area contributed by atoms with Gasteiger partial charge in [0.15, 0.2) is 0 Å². The molecular formula is C12H19N3. The molecule has 0 spiro atoms. The fourth-order valence-electron chi connectivity index (χ4n) is 2.31. The van der Waals surface area contributed by atoms with Crippen LogP contribution in [-0.4, -0.2) is 18.6 Å². The monoisotopic (exact) mass is 205 g/mol. The van der Waals surface area contributed by atoms with Crippen LogP contribution < -0.4 is 10.6 Å². The lowest BCUT2D eigenvalue weighted by molar-refractivity contribution is 0.547. The minimum atomic E-state index is 0.591. The number of pyridine rings is 1. The molecule has 3 heteroatoms. The lowest BCUT2D eigenvalue weighted by Crippen LogP contribution is -2.24.